The smallest absolute Gasteiger partial charge is 0.245 e. The zero-order valence-corrected chi connectivity index (χ0v) is 12.5. The number of carbonyl (C=O) groups excluding carboxylic acids is 1. The molecule has 2 aliphatic rings. The number of nitrogen functional groups attached to an aromatic ring is 1. The Morgan fingerprint density at radius 3 is 3.10 bits per heavy atom. The topological polar surface area (TPSA) is 93.4 Å². The minimum absolute atomic E-state index is 0.0173. The number of hydrogen-bond donors (Lipinski definition) is 2. The third kappa shape index (κ3) is 2.85. The second-order valence-electron chi connectivity index (χ2n) is 4.97. The van der Waals surface area contributed by atoms with Crippen molar-refractivity contribution in [1.82, 2.24) is 15.3 Å². The van der Waals surface area contributed by atoms with Crippen LogP contribution in [-0.2, 0) is 9.53 Å². The molecule has 1 saturated carbocycles. The Labute approximate surface area is 125 Å². The molecule has 1 aromatic heterocycles. The summed E-state index contributed by atoms with van der Waals surface area (Å²) in [5, 5.41) is 3.01. The molecule has 3 rings (SSSR count). The lowest BCUT2D eigenvalue weighted by Crippen LogP contribution is -2.54. The van der Waals surface area contributed by atoms with Crippen LogP contribution in [0.5, 0.6) is 0 Å². The Kier molecular flexibility index (Phi) is 3.75. The molecule has 1 unspecified atom stereocenters. The number of aromatic nitrogens is 2. The number of ether oxygens (including phenoxy) is 1. The second-order valence-corrected chi connectivity index (χ2v) is 5.82. The third-order valence-corrected chi connectivity index (χ3v) is 3.93. The van der Waals surface area contributed by atoms with Gasteiger partial charge >= 0.3 is 0 Å². The highest BCUT2D eigenvalue weighted by molar-refractivity contribution is 9.10. The van der Waals surface area contributed by atoms with Crippen LogP contribution in [0.1, 0.15) is 12.8 Å². The van der Waals surface area contributed by atoms with E-state index in [4.69, 9.17) is 10.5 Å². The molecular weight excluding hydrogens is 326 g/mol. The Hall–Kier alpha value is -1.41. The summed E-state index contributed by atoms with van der Waals surface area (Å²) in [5.74, 6) is 0.809. The number of anilines is 2. The third-order valence-electron chi connectivity index (χ3n) is 3.37. The van der Waals surface area contributed by atoms with Gasteiger partial charge in [0.15, 0.2) is 0 Å². The van der Waals surface area contributed by atoms with E-state index in [2.05, 4.69) is 31.2 Å². The van der Waals surface area contributed by atoms with Crippen LogP contribution in [0.3, 0.4) is 0 Å². The molecule has 3 N–H and O–H groups in total. The first-order valence-electron chi connectivity index (χ1n) is 6.58. The molecule has 2 fully saturated rings. The predicted octanol–water partition coefficient (Wildman–Crippen LogP) is 0.305. The number of rotatable bonds is 3. The fraction of sp³-hybridized carbons (Fsp3) is 0.583. The maximum Gasteiger partial charge on any atom is 0.245 e. The maximum atomic E-state index is 12.3. The Balaban J connectivity index is 1.83. The van der Waals surface area contributed by atoms with E-state index in [1.54, 1.807) is 6.20 Å². The first-order chi connectivity index (χ1) is 9.65. The van der Waals surface area contributed by atoms with Crippen LogP contribution in [0.4, 0.5) is 11.8 Å². The van der Waals surface area contributed by atoms with Crippen LogP contribution < -0.4 is 16.0 Å². The lowest BCUT2D eigenvalue weighted by atomic mass is 10.2. The van der Waals surface area contributed by atoms with E-state index < -0.39 is 0 Å². The van der Waals surface area contributed by atoms with Crippen molar-refractivity contribution in [2.24, 2.45) is 0 Å². The molecule has 1 amide bonds. The quantitative estimate of drug-likeness (QED) is 0.821. The predicted molar refractivity (Wildman–Crippen MR) is 77.3 cm³/mol. The highest BCUT2D eigenvalue weighted by Crippen LogP contribution is 2.27. The van der Waals surface area contributed by atoms with Gasteiger partial charge in [-0.05, 0) is 28.8 Å². The average Bonchev–Trinajstić information content (AvgIpc) is 3.25. The molecule has 1 aliphatic heterocycles. The van der Waals surface area contributed by atoms with Gasteiger partial charge in [0, 0.05) is 18.8 Å². The molecule has 8 heteroatoms. The lowest BCUT2D eigenvalue weighted by molar-refractivity contribution is -0.124. The first kappa shape index (κ1) is 13.6. The molecular formula is C12H16BrN5O2. The van der Waals surface area contributed by atoms with Gasteiger partial charge in [-0.2, -0.15) is 4.98 Å². The molecule has 1 aliphatic carbocycles. The van der Waals surface area contributed by atoms with Crippen LogP contribution in [0.2, 0.25) is 0 Å². The molecule has 1 atom stereocenters. The number of nitrogens with two attached hydrogens (primary N) is 1. The summed E-state index contributed by atoms with van der Waals surface area (Å²) in [6.45, 7) is 1.51. The van der Waals surface area contributed by atoms with Gasteiger partial charge in [0.25, 0.3) is 0 Å². The summed E-state index contributed by atoms with van der Waals surface area (Å²) in [6, 6.07) is -0.0554. The molecule has 20 heavy (non-hydrogen) atoms. The van der Waals surface area contributed by atoms with Gasteiger partial charge < -0.3 is 20.7 Å². The SMILES string of the molecule is Nc1ncc(Br)c(N2CCOCC2C(=O)NC2CC2)n1. The molecule has 1 saturated heterocycles. The van der Waals surface area contributed by atoms with Gasteiger partial charge in [-0.25, -0.2) is 4.98 Å². The standard InChI is InChI=1S/C12H16BrN5O2/c13-8-5-15-12(14)17-10(8)18-3-4-20-6-9(18)11(19)16-7-1-2-7/h5,7,9H,1-4,6H2,(H,16,19)(H2,14,15,17). The van der Waals surface area contributed by atoms with Crippen molar-refractivity contribution >= 4 is 33.6 Å². The lowest BCUT2D eigenvalue weighted by Gasteiger charge is -2.35. The molecule has 1 aromatic rings. The fourth-order valence-corrected chi connectivity index (χ4v) is 2.59. The van der Waals surface area contributed by atoms with E-state index >= 15 is 0 Å². The zero-order chi connectivity index (χ0) is 14.1. The summed E-state index contributed by atoms with van der Waals surface area (Å²) in [7, 11) is 0. The number of nitrogens with one attached hydrogen (secondary N) is 1. The van der Waals surface area contributed by atoms with Crippen LogP contribution >= 0.6 is 15.9 Å². The molecule has 2 heterocycles. The van der Waals surface area contributed by atoms with Crippen LogP contribution in [-0.4, -0.2) is 47.7 Å². The number of amides is 1. The van der Waals surface area contributed by atoms with Gasteiger partial charge in [-0.3, -0.25) is 4.79 Å². The number of hydrogen-bond acceptors (Lipinski definition) is 6. The number of nitrogens with zero attached hydrogens (tertiary/aromatic N) is 3. The van der Waals surface area contributed by atoms with E-state index in [0.29, 0.717) is 31.6 Å². The minimum Gasteiger partial charge on any atom is -0.377 e. The summed E-state index contributed by atoms with van der Waals surface area (Å²) in [6.07, 6.45) is 3.72. The summed E-state index contributed by atoms with van der Waals surface area (Å²) < 4.78 is 6.15. The molecule has 0 bridgehead atoms. The zero-order valence-electron chi connectivity index (χ0n) is 10.9. The van der Waals surface area contributed by atoms with E-state index in [0.717, 1.165) is 17.3 Å². The van der Waals surface area contributed by atoms with E-state index in [9.17, 15) is 4.79 Å². The van der Waals surface area contributed by atoms with E-state index in [1.807, 2.05) is 4.90 Å². The van der Waals surface area contributed by atoms with Gasteiger partial charge in [-0.1, -0.05) is 0 Å². The van der Waals surface area contributed by atoms with E-state index in [1.165, 1.54) is 0 Å². The minimum atomic E-state index is -0.380. The first-order valence-corrected chi connectivity index (χ1v) is 7.37. The van der Waals surface area contributed by atoms with Crippen molar-refractivity contribution in [2.45, 2.75) is 24.9 Å². The summed E-state index contributed by atoms with van der Waals surface area (Å²) in [5.41, 5.74) is 5.64. The number of morpholine rings is 1. The molecule has 0 radical (unpaired) electrons. The molecule has 7 nitrogen and oxygen atoms in total. The maximum absolute atomic E-state index is 12.3. The molecule has 0 spiro atoms. The molecule has 108 valence electrons. The monoisotopic (exact) mass is 341 g/mol. The van der Waals surface area contributed by atoms with Crippen molar-refractivity contribution < 1.29 is 9.53 Å². The fourth-order valence-electron chi connectivity index (χ4n) is 2.17. The molecule has 0 aromatic carbocycles. The number of carbonyl (C=O) groups is 1. The van der Waals surface area contributed by atoms with Crippen molar-refractivity contribution in [3.63, 3.8) is 0 Å². The summed E-state index contributed by atoms with van der Waals surface area (Å²) in [4.78, 5) is 22.4. The largest absolute Gasteiger partial charge is 0.377 e. The van der Waals surface area contributed by atoms with Crippen molar-refractivity contribution in [2.75, 3.05) is 30.4 Å². The van der Waals surface area contributed by atoms with Gasteiger partial charge in [-0.15, -0.1) is 0 Å². The van der Waals surface area contributed by atoms with Crippen LogP contribution in [0.15, 0.2) is 10.7 Å². The number of halogens is 1. The summed E-state index contributed by atoms with van der Waals surface area (Å²) >= 11 is 3.41. The van der Waals surface area contributed by atoms with E-state index in [-0.39, 0.29) is 17.9 Å². The average molecular weight is 342 g/mol. The van der Waals surface area contributed by atoms with Crippen LogP contribution in [0.25, 0.3) is 0 Å². The highest BCUT2D eigenvalue weighted by atomic mass is 79.9. The van der Waals surface area contributed by atoms with Gasteiger partial charge in [0.2, 0.25) is 11.9 Å². The van der Waals surface area contributed by atoms with Gasteiger partial charge in [0.1, 0.15) is 11.9 Å². The van der Waals surface area contributed by atoms with Gasteiger partial charge in [0.05, 0.1) is 17.7 Å². The highest BCUT2D eigenvalue weighted by Gasteiger charge is 2.34. The Morgan fingerprint density at radius 1 is 1.55 bits per heavy atom. The Morgan fingerprint density at radius 2 is 2.35 bits per heavy atom. The van der Waals surface area contributed by atoms with Crippen molar-refractivity contribution in [3.05, 3.63) is 10.7 Å². The van der Waals surface area contributed by atoms with Crippen molar-refractivity contribution in [3.8, 4) is 0 Å². The van der Waals surface area contributed by atoms with Crippen LogP contribution in [0, 0.1) is 0 Å². The normalized spacial score (nSPS) is 22.6. The Bertz CT molecular complexity index is 523. The van der Waals surface area contributed by atoms with Crippen molar-refractivity contribution in [1.29, 1.82) is 0 Å². The second kappa shape index (κ2) is 5.53.